The SMILES string of the molecule is CCCCCCNc1nc(CN)nc2c1ncn2[C@@H]1O[C@H](CO)[C@@H](O)[C@H]1O. The van der Waals surface area contributed by atoms with Crippen LogP contribution in [0, 0.1) is 0 Å². The number of hydrogen-bond acceptors (Lipinski definition) is 9. The highest BCUT2D eigenvalue weighted by Crippen LogP contribution is 2.32. The zero-order chi connectivity index (χ0) is 19.4. The maximum Gasteiger partial charge on any atom is 0.168 e. The minimum atomic E-state index is -1.21. The van der Waals surface area contributed by atoms with Crippen molar-refractivity contribution in [3.8, 4) is 0 Å². The van der Waals surface area contributed by atoms with E-state index >= 15 is 0 Å². The van der Waals surface area contributed by atoms with Crippen molar-refractivity contribution < 1.29 is 20.1 Å². The lowest BCUT2D eigenvalue weighted by atomic mass is 10.1. The van der Waals surface area contributed by atoms with Crippen LogP contribution in [-0.2, 0) is 11.3 Å². The molecule has 4 atom stereocenters. The average Bonchev–Trinajstić information content (AvgIpc) is 3.22. The van der Waals surface area contributed by atoms with Crippen LogP contribution in [0.4, 0.5) is 5.82 Å². The highest BCUT2D eigenvalue weighted by molar-refractivity contribution is 5.83. The highest BCUT2D eigenvalue weighted by atomic mass is 16.6. The third-order valence-corrected chi connectivity index (χ3v) is 4.76. The summed E-state index contributed by atoms with van der Waals surface area (Å²) in [6, 6.07) is 0. The van der Waals surface area contributed by atoms with Crippen LogP contribution in [-0.4, -0.2) is 66.3 Å². The van der Waals surface area contributed by atoms with E-state index in [1.807, 2.05) is 0 Å². The van der Waals surface area contributed by atoms with Gasteiger partial charge in [0.25, 0.3) is 0 Å². The van der Waals surface area contributed by atoms with Gasteiger partial charge in [-0.15, -0.1) is 0 Å². The average molecular weight is 380 g/mol. The molecule has 27 heavy (non-hydrogen) atoms. The van der Waals surface area contributed by atoms with Crippen molar-refractivity contribution in [2.24, 2.45) is 5.73 Å². The molecule has 6 N–H and O–H groups in total. The fourth-order valence-corrected chi connectivity index (χ4v) is 3.23. The first-order valence-corrected chi connectivity index (χ1v) is 9.40. The molecule has 0 radical (unpaired) electrons. The van der Waals surface area contributed by atoms with Crippen LogP contribution in [0.2, 0.25) is 0 Å². The molecule has 1 fully saturated rings. The van der Waals surface area contributed by atoms with Gasteiger partial charge >= 0.3 is 0 Å². The predicted octanol–water partition coefficient (Wildman–Crippen LogP) is -0.111. The number of unbranched alkanes of at least 4 members (excludes halogenated alkanes) is 3. The first-order chi connectivity index (χ1) is 13.1. The fraction of sp³-hybridized carbons (Fsp3) is 0.706. The Labute approximate surface area is 157 Å². The summed E-state index contributed by atoms with van der Waals surface area (Å²) in [5.74, 6) is 1.02. The molecule has 1 aliphatic rings. The van der Waals surface area contributed by atoms with Crippen LogP contribution in [0.1, 0.15) is 44.7 Å². The number of nitrogens with two attached hydrogens (primary N) is 1. The number of aliphatic hydroxyl groups is 3. The maximum absolute atomic E-state index is 10.3. The molecule has 0 saturated carbocycles. The third kappa shape index (κ3) is 4.04. The van der Waals surface area contributed by atoms with Gasteiger partial charge in [-0.2, -0.15) is 0 Å². The lowest BCUT2D eigenvalue weighted by molar-refractivity contribution is -0.0511. The molecule has 2 aromatic heterocycles. The fourth-order valence-electron chi connectivity index (χ4n) is 3.23. The normalized spacial score (nSPS) is 25.4. The topological polar surface area (TPSA) is 152 Å². The summed E-state index contributed by atoms with van der Waals surface area (Å²) in [6.45, 7) is 2.69. The van der Waals surface area contributed by atoms with E-state index in [2.05, 4.69) is 27.2 Å². The van der Waals surface area contributed by atoms with E-state index < -0.39 is 31.1 Å². The zero-order valence-corrected chi connectivity index (χ0v) is 15.5. The van der Waals surface area contributed by atoms with E-state index in [9.17, 15) is 15.3 Å². The molecule has 0 bridgehead atoms. The summed E-state index contributed by atoms with van der Waals surface area (Å²) in [5, 5.41) is 32.9. The number of aliphatic hydroxyl groups excluding tert-OH is 3. The standard InChI is InChI=1S/C17H28N6O4/c1-2-3-4-5-6-19-15-12-16(22-11(7-18)21-15)23(9-20-12)17-14(26)13(25)10(8-24)27-17/h9-10,13-14,17,24-26H,2-8,18H2,1H3,(H,19,21,22)/t10-,13-,14-,17-/m1/s1. The van der Waals surface area contributed by atoms with Gasteiger partial charge in [0.2, 0.25) is 0 Å². The van der Waals surface area contributed by atoms with Crippen molar-refractivity contribution in [1.29, 1.82) is 0 Å². The van der Waals surface area contributed by atoms with Gasteiger partial charge in [0.15, 0.2) is 23.2 Å². The summed E-state index contributed by atoms with van der Waals surface area (Å²) < 4.78 is 7.13. The molecule has 1 saturated heterocycles. The monoisotopic (exact) mass is 380 g/mol. The van der Waals surface area contributed by atoms with Gasteiger partial charge in [0.05, 0.1) is 19.5 Å². The molecular formula is C17H28N6O4. The van der Waals surface area contributed by atoms with Gasteiger partial charge in [0, 0.05) is 6.54 Å². The minimum absolute atomic E-state index is 0.154. The van der Waals surface area contributed by atoms with Crippen LogP contribution in [0.5, 0.6) is 0 Å². The molecule has 0 aliphatic carbocycles. The molecule has 0 unspecified atom stereocenters. The number of anilines is 1. The van der Waals surface area contributed by atoms with Crippen LogP contribution in [0.15, 0.2) is 6.33 Å². The first-order valence-electron chi connectivity index (χ1n) is 9.40. The molecule has 1 aliphatic heterocycles. The van der Waals surface area contributed by atoms with Gasteiger partial charge in [-0.05, 0) is 6.42 Å². The van der Waals surface area contributed by atoms with Gasteiger partial charge in [0.1, 0.15) is 24.1 Å². The van der Waals surface area contributed by atoms with Crippen LogP contribution >= 0.6 is 0 Å². The van der Waals surface area contributed by atoms with Crippen LogP contribution < -0.4 is 11.1 Å². The Morgan fingerprint density at radius 3 is 2.70 bits per heavy atom. The summed E-state index contributed by atoms with van der Waals surface area (Å²) in [5.41, 5.74) is 6.73. The van der Waals surface area contributed by atoms with E-state index in [0.29, 0.717) is 22.8 Å². The molecule has 0 amide bonds. The molecular weight excluding hydrogens is 352 g/mol. The largest absolute Gasteiger partial charge is 0.394 e. The Morgan fingerprint density at radius 1 is 1.22 bits per heavy atom. The van der Waals surface area contributed by atoms with Gasteiger partial charge in [-0.1, -0.05) is 26.2 Å². The highest BCUT2D eigenvalue weighted by Gasteiger charge is 2.44. The van der Waals surface area contributed by atoms with Crippen molar-refractivity contribution >= 4 is 17.0 Å². The number of imidazole rings is 1. The number of nitrogens with one attached hydrogen (secondary N) is 1. The summed E-state index contributed by atoms with van der Waals surface area (Å²) in [7, 11) is 0. The number of ether oxygens (including phenoxy) is 1. The zero-order valence-electron chi connectivity index (χ0n) is 15.5. The van der Waals surface area contributed by atoms with E-state index in [1.165, 1.54) is 19.2 Å². The predicted molar refractivity (Wildman–Crippen MR) is 98.9 cm³/mol. The van der Waals surface area contributed by atoms with Gasteiger partial charge < -0.3 is 31.1 Å². The Hall–Kier alpha value is -1.85. The van der Waals surface area contributed by atoms with Crippen molar-refractivity contribution in [1.82, 2.24) is 19.5 Å². The third-order valence-electron chi connectivity index (χ3n) is 4.76. The second-order valence-corrected chi connectivity index (χ2v) is 6.73. The molecule has 0 spiro atoms. The number of aromatic nitrogens is 4. The smallest absolute Gasteiger partial charge is 0.168 e. The van der Waals surface area contributed by atoms with E-state index in [0.717, 1.165) is 19.4 Å². The molecule has 3 heterocycles. The summed E-state index contributed by atoms with van der Waals surface area (Å²) >= 11 is 0. The Morgan fingerprint density at radius 2 is 2.04 bits per heavy atom. The van der Waals surface area contributed by atoms with E-state index in [4.69, 9.17) is 10.5 Å². The van der Waals surface area contributed by atoms with Gasteiger partial charge in [-0.25, -0.2) is 15.0 Å². The molecule has 0 aromatic carbocycles. The molecule has 150 valence electrons. The summed E-state index contributed by atoms with van der Waals surface area (Å²) in [4.78, 5) is 13.2. The van der Waals surface area contributed by atoms with Crippen molar-refractivity contribution in [3.63, 3.8) is 0 Å². The minimum Gasteiger partial charge on any atom is -0.394 e. The van der Waals surface area contributed by atoms with E-state index in [1.54, 1.807) is 4.57 Å². The molecule has 3 rings (SSSR count). The molecule has 10 nitrogen and oxygen atoms in total. The second-order valence-electron chi connectivity index (χ2n) is 6.73. The van der Waals surface area contributed by atoms with E-state index in [-0.39, 0.29) is 6.54 Å². The van der Waals surface area contributed by atoms with Crippen LogP contribution in [0.25, 0.3) is 11.2 Å². The number of fused-ring (bicyclic) bond motifs is 1. The number of nitrogens with zero attached hydrogens (tertiary/aromatic N) is 4. The number of hydrogen-bond donors (Lipinski definition) is 5. The molecule has 10 heteroatoms. The first kappa shape index (κ1) is 19.9. The van der Waals surface area contributed by atoms with Gasteiger partial charge in [-0.3, -0.25) is 4.57 Å². The quantitative estimate of drug-likeness (QED) is 0.375. The Bertz CT molecular complexity index is 754. The Kier molecular flexibility index (Phi) is 6.55. The van der Waals surface area contributed by atoms with Crippen molar-refractivity contribution in [2.45, 2.75) is 63.7 Å². The van der Waals surface area contributed by atoms with Crippen LogP contribution in [0.3, 0.4) is 0 Å². The molecule has 2 aromatic rings. The lowest BCUT2D eigenvalue weighted by Crippen LogP contribution is -2.33. The number of rotatable bonds is 9. The Balaban J connectivity index is 1.87. The van der Waals surface area contributed by atoms with Crippen molar-refractivity contribution in [3.05, 3.63) is 12.2 Å². The second kappa shape index (κ2) is 8.89. The maximum atomic E-state index is 10.3. The lowest BCUT2D eigenvalue weighted by Gasteiger charge is -2.17. The van der Waals surface area contributed by atoms with Crippen molar-refractivity contribution in [2.75, 3.05) is 18.5 Å². The summed E-state index contributed by atoms with van der Waals surface area (Å²) in [6.07, 6.45) is 1.84.